The fraction of sp³-hybridized carbons (Fsp3) is 0.462. The van der Waals surface area contributed by atoms with Crippen molar-refractivity contribution >= 4 is 11.8 Å². The Morgan fingerprint density at radius 2 is 1.88 bits per heavy atom. The molecule has 7 nitrogen and oxygen atoms in total. The second-order valence-corrected chi connectivity index (χ2v) is 8.77. The minimum absolute atomic E-state index is 0.0286. The van der Waals surface area contributed by atoms with Gasteiger partial charge in [0.15, 0.2) is 23.8 Å². The number of ether oxygens (including phenoxy) is 3. The molecule has 0 aliphatic carbocycles. The number of aryl methyl sites for hydroxylation is 1. The van der Waals surface area contributed by atoms with Gasteiger partial charge < -0.3 is 24.0 Å². The van der Waals surface area contributed by atoms with Crippen molar-refractivity contribution in [3.05, 3.63) is 59.9 Å². The molecule has 0 radical (unpaired) electrons. The van der Waals surface area contributed by atoms with Crippen molar-refractivity contribution in [1.29, 1.82) is 0 Å². The van der Waals surface area contributed by atoms with E-state index in [2.05, 4.69) is 6.07 Å². The Morgan fingerprint density at radius 3 is 2.74 bits per heavy atom. The fourth-order valence-electron chi connectivity index (χ4n) is 4.50. The number of nitrogens with zero attached hydrogens (tertiary/aromatic N) is 2. The molecule has 8 heteroatoms. The number of amides is 2. The highest BCUT2D eigenvalue weighted by Gasteiger charge is 2.46. The predicted molar refractivity (Wildman–Crippen MR) is 124 cm³/mol. The van der Waals surface area contributed by atoms with Gasteiger partial charge in [-0.2, -0.15) is 0 Å². The highest BCUT2D eigenvalue weighted by Crippen LogP contribution is 2.29. The predicted octanol–water partition coefficient (Wildman–Crippen LogP) is 3.07. The normalized spacial score (nSPS) is 21.8. The maximum absolute atomic E-state index is 13.8. The van der Waals surface area contributed by atoms with E-state index in [0.717, 1.165) is 30.6 Å². The molecule has 0 N–H and O–H groups in total. The zero-order chi connectivity index (χ0) is 24.0. The third kappa shape index (κ3) is 5.50. The quantitative estimate of drug-likeness (QED) is 0.690. The first-order chi connectivity index (χ1) is 16.5. The van der Waals surface area contributed by atoms with Crippen LogP contribution in [0.5, 0.6) is 11.5 Å². The molecule has 34 heavy (non-hydrogen) atoms. The number of carbonyl (C=O) groups excluding carboxylic acids is 2. The molecule has 2 aliphatic heterocycles. The van der Waals surface area contributed by atoms with Crippen LogP contribution in [0.4, 0.5) is 4.39 Å². The number of likely N-dealkylation sites (N-methyl/N-ethyl adjacent to an activating group) is 1. The zero-order valence-electron chi connectivity index (χ0n) is 19.5. The lowest BCUT2D eigenvalue weighted by atomic mass is 9.91. The molecule has 2 heterocycles. The molecule has 0 saturated carbocycles. The van der Waals surface area contributed by atoms with Gasteiger partial charge in [0.2, 0.25) is 0 Å². The van der Waals surface area contributed by atoms with E-state index in [-0.39, 0.29) is 37.3 Å². The average molecular weight is 471 g/mol. The largest absolute Gasteiger partial charge is 0.491 e. The third-order valence-corrected chi connectivity index (χ3v) is 6.40. The minimum Gasteiger partial charge on any atom is -0.491 e. The van der Waals surface area contributed by atoms with Gasteiger partial charge in [0.25, 0.3) is 11.8 Å². The summed E-state index contributed by atoms with van der Waals surface area (Å²) in [6, 6.07) is 14.0. The van der Waals surface area contributed by atoms with E-state index in [1.54, 1.807) is 29.0 Å². The zero-order valence-corrected chi connectivity index (χ0v) is 19.5. The highest BCUT2D eigenvalue weighted by molar-refractivity contribution is 5.87. The second-order valence-electron chi connectivity index (χ2n) is 8.77. The van der Waals surface area contributed by atoms with E-state index in [9.17, 15) is 14.0 Å². The van der Waals surface area contributed by atoms with Crippen molar-refractivity contribution in [2.45, 2.75) is 31.3 Å². The molecule has 1 fully saturated rings. The molecule has 4 rings (SSSR count). The first-order valence-corrected chi connectivity index (χ1v) is 11.7. The van der Waals surface area contributed by atoms with Crippen LogP contribution in [0.1, 0.15) is 24.8 Å². The summed E-state index contributed by atoms with van der Waals surface area (Å²) in [6.45, 7) is 1.23. The van der Waals surface area contributed by atoms with E-state index in [1.807, 2.05) is 18.2 Å². The molecule has 1 spiro atoms. The summed E-state index contributed by atoms with van der Waals surface area (Å²) >= 11 is 0. The van der Waals surface area contributed by atoms with E-state index in [1.165, 1.54) is 12.1 Å². The molecule has 2 aromatic rings. The Labute approximate surface area is 199 Å². The number of hydrogen-bond donors (Lipinski definition) is 0. The van der Waals surface area contributed by atoms with Crippen molar-refractivity contribution in [3.8, 4) is 11.5 Å². The van der Waals surface area contributed by atoms with E-state index in [0.29, 0.717) is 26.1 Å². The second kappa shape index (κ2) is 10.9. The molecule has 2 amide bonds. The van der Waals surface area contributed by atoms with Crippen molar-refractivity contribution in [1.82, 2.24) is 9.80 Å². The summed E-state index contributed by atoms with van der Waals surface area (Å²) in [7, 11) is 1.73. The number of hydrogen-bond acceptors (Lipinski definition) is 5. The van der Waals surface area contributed by atoms with E-state index in [4.69, 9.17) is 14.2 Å². The molecule has 2 aliphatic rings. The van der Waals surface area contributed by atoms with Crippen molar-refractivity contribution < 1.29 is 28.2 Å². The van der Waals surface area contributed by atoms with Crippen LogP contribution in [-0.2, 0) is 20.7 Å². The van der Waals surface area contributed by atoms with Gasteiger partial charge in [-0.05, 0) is 49.4 Å². The summed E-state index contributed by atoms with van der Waals surface area (Å²) in [5.74, 6) is -0.0870. The molecule has 0 aromatic heterocycles. The van der Waals surface area contributed by atoms with Gasteiger partial charge in [-0.15, -0.1) is 0 Å². The molecule has 1 atom stereocenters. The standard InChI is InChI=1S/C26H31FN2O5/c1-28-14-16-32-22-11-4-2-8-20(22)9-6-7-13-26(25(28)31)19-29(15-17-34-26)24(30)18-33-23-12-5-3-10-21(23)27/h2-5,8,10-12H,6-7,9,13-19H2,1H3. The van der Waals surface area contributed by atoms with Crippen LogP contribution in [0.2, 0.25) is 0 Å². The van der Waals surface area contributed by atoms with Crippen LogP contribution >= 0.6 is 0 Å². The van der Waals surface area contributed by atoms with Crippen LogP contribution in [0.25, 0.3) is 0 Å². The highest BCUT2D eigenvalue weighted by atomic mass is 19.1. The summed E-state index contributed by atoms with van der Waals surface area (Å²) in [5.41, 5.74) is 0.0390. The van der Waals surface area contributed by atoms with E-state index < -0.39 is 11.4 Å². The molecule has 1 saturated heterocycles. The molecule has 0 bridgehead atoms. The van der Waals surface area contributed by atoms with E-state index >= 15 is 0 Å². The Hall–Kier alpha value is -3.13. The Balaban J connectivity index is 1.45. The monoisotopic (exact) mass is 470 g/mol. The maximum Gasteiger partial charge on any atom is 0.260 e. The number of rotatable bonds is 3. The molecular weight excluding hydrogens is 439 g/mol. The van der Waals surface area contributed by atoms with Crippen molar-refractivity contribution in [2.24, 2.45) is 0 Å². The number of morpholine rings is 1. The molecule has 1 unspecified atom stereocenters. The topological polar surface area (TPSA) is 68.3 Å². The van der Waals surface area contributed by atoms with Crippen LogP contribution in [-0.4, -0.2) is 73.7 Å². The molecule has 2 aromatic carbocycles. The Bertz CT molecular complexity index is 1020. The first kappa shape index (κ1) is 24.0. The maximum atomic E-state index is 13.8. The van der Waals surface area contributed by atoms with Gasteiger partial charge in [0.05, 0.1) is 19.7 Å². The summed E-state index contributed by atoms with van der Waals surface area (Å²) in [4.78, 5) is 29.6. The van der Waals surface area contributed by atoms with Gasteiger partial charge >= 0.3 is 0 Å². The lowest BCUT2D eigenvalue weighted by molar-refractivity contribution is -0.176. The third-order valence-electron chi connectivity index (χ3n) is 6.40. The van der Waals surface area contributed by atoms with Crippen LogP contribution in [0.3, 0.4) is 0 Å². The van der Waals surface area contributed by atoms with Gasteiger partial charge in [0, 0.05) is 13.6 Å². The van der Waals surface area contributed by atoms with Gasteiger partial charge in [-0.25, -0.2) is 4.39 Å². The first-order valence-electron chi connectivity index (χ1n) is 11.7. The van der Waals surface area contributed by atoms with Crippen LogP contribution < -0.4 is 9.47 Å². The Kier molecular flexibility index (Phi) is 7.67. The lowest BCUT2D eigenvalue weighted by Crippen LogP contribution is -2.61. The van der Waals surface area contributed by atoms with Crippen LogP contribution in [0.15, 0.2) is 48.5 Å². The lowest BCUT2D eigenvalue weighted by Gasteiger charge is -2.43. The Morgan fingerprint density at radius 1 is 1.09 bits per heavy atom. The number of benzene rings is 2. The molecular formula is C26H31FN2O5. The summed E-state index contributed by atoms with van der Waals surface area (Å²) in [6.07, 6.45) is 2.99. The van der Waals surface area contributed by atoms with Crippen molar-refractivity contribution in [2.75, 3.05) is 46.5 Å². The number of carbonyl (C=O) groups is 2. The smallest absolute Gasteiger partial charge is 0.260 e. The minimum atomic E-state index is -1.11. The summed E-state index contributed by atoms with van der Waals surface area (Å²) < 4.78 is 31.3. The van der Waals surface area contributed by atoms with Gasteiger partial charge in [-0.3, -0.25) is 9.59 Å². The number of halogens is 1. The fourth-order valence-corrected chi connectivity index (χ4v) is 4.50. The van der Waals surface area contributed by atoms with Crippen molar-refractivity contribution in [3.63, 3.8) is 0 Å². The number of para-hydroxylation sites is 2. The van der Waals surface area contributed by atoms with Gasteiger partial charge in [-0.1, -0.05) is 30.3 Å². The number of fused-ring (bicyclic) bond motifs is 1. The van der Waals surface area contributed by atoms with Crippen LogP contribution in [0, 0.1) is 5.82 Å². The SMILES string of the molecule is CN1CCOc2ccccc2CCCCC2(CN(C(=O)COc3ccccc3F)CCO2)C1=O. The molecule has 182 valence electrons. The average Bonchev–Trinajstić information content (AvgIpc) is 2.85. The van der Waals surface area contributed by atoms with Gasteiger partial charge in [0.1, 0.15) is 12.4 Å². The summed E-state index contributed by atoms with van der Waals surface area (Å²) in [5, 5.41) is 0.